The number of Topliss-reactive ketones (excluding diaryl/α,β-unsaturated/α-hetero) is 1. The summed E-state index contributed by atoms with van der Waals surface area (Å²) in [5.41, 5.74) is 0.297. The Balaban J connectivity index is 1.36. The summed E-state index contributed by atoms with van der Waals surface area (Å²) in [6.45, 7) is 4.60. The highest BCUT2D eigenvalue weighted by Gasteiger charge is 2.62. The van der Waals surface area contributed by atoms with Crippen LogP contribution in [-0.2, 0) is 4.79 Å². The van der Waals surface area contributed by atoms with E-state index in [0.29, 0.717) is 0 Å². The molecule has 3 saturated carbocycles. The second-order valence-electron chi connectivity index (χ2n) is 10.3. The zero-order valence-corrected chi connectivity index (χ0v) is 17.8. The van der Waals surface area contributed by atoms with Crippen molar-refractivity contribution in [3.05, 3.63) is 0 Å². The third kappa shape index (κ3) is 4.39. The van der Waals surface area contributed by atoms with Gasteiger partial charge < -0.3 is 0 Å². The third-order valence-corrected chi connectivity index (χ3v) is 8.43. The van der Waals surface area contributed by atoms with Crippen molar-refractivity contribution in [3.63, 3.8) is 0 Å². The Kier molecular flexibility index (Phi) is 7.25. The molecule has 0 aromatic carbocycles. The summed E-state index contributed by atoms with van der Waals surface area (Å²) in [7, 11) is 0. The molecule has 0 atom stereocenters. The van der Waals surface area contributed by atoms with E-state index in [1.807, 2.05) is 0 Å². The smallest absolute Gasteiger partial charge is 0.145 e. The molecule has 1 heteroatoms. The fourth-order valence-electron chi connectivity index (χ4n) is 6.73. The minimum atomic E-state index is 0.148. The van der Waals surface area contributed by atoms with Gasteiger partial charge in [0.1, 0.15) is 5.78 Å². The Morgan fingerprint density at radius 2 is 1.19 bits per heavy atom. The van der Waals surface area contributed by atoms with Crippen molar-refractivity contribution >= 4 is 5.78 Å². The minimum absolute atomic E-state index is 0.148. The van der Waals surface area contributed by atoms with Crippen LogP contribution in [0.3, 0.4) is 0 Å². The molecule has 0 aromatic heterocycles. The first-order valence-corrected chi connectivity index (χ1v) is 12.2. The molecule has 3 rings (SSSR count). The molecule has 0 amide bonds. The molecule has 0 bridgehead atoms. The van der Waals surface area contributed by atoms with E-state index in [4.69, 9.17) is 0 Å². The molecule has 3 aliphatic rings. The molecule has 0 N–H and O–H groups in total. The van der Waals surface area contributed by atoms with E-state index in [0.717, 1.165) is 17.6 Å². The van der Waals surface area contributed by atoms with Crippen LogP contribution in [0, 0.1) is 22.7 Å². The Morgan fingerprint density at radius 3 is 1.69 bits per heavy atom. The normalized spacial score (nSPS) is 37.2. The Morgan fingerprint density at radius 1 is 0.692 bits per heavy atom. The lowest BCUT2D eigenvalue weighted by atomic mass is 9.43. The highest BCUT2D eigenvalue weighted by molar-refractivity contribution is 5.96. The summed E-state index contributed by atoms with van der Waals surface area (Å²) in [4.78, 5) is 13.2. The molecular formula is C25H44O. The maximum atomic E-state index is 13.2. The second-order valence-corrected chi connectivity index (χ2v) is 10.3. The van der Waals surface area contributed by atoms with Crippen LogP contribution in [0.1, 0.15) is 129 Å². The number of carbonyl (C=O) groups excluding carboxylic acids is 1. The van der Waals surface area contributed by atoms with Crippen molar-refractivity contribution in [2.24, 2.45) is 22.7 Å². The van der Waals surface area contributed by atoms with Gasteiger partial charge >= 0.3 is 0 Å². The summed E-state index contributed by atoms with van der Waals surface area (Å²) in [6.07, 6.45) is 24.1. The summed E-state index contributed by atoms with van der Waals surface area (Å²) in [5, 5.41) is 0. The molecular weight excluding hydrogens is 316 g/mol. The van der Waals surface area contributed by atoms with Crippen LogP contribution < -0.4 is 0 Å². The lowest BCUT2D eigenvalue weighted by Crippen LogP contribution is -2.59. The molecule has 2 spiro atoms. The second kappa shape index (κ2) is 9.24. The number of hydrogen-bond acceptors (Lipinski definition) is 1. The molecule has 3 aliphatic carbocycles. The van der Waals surface area contributed by atoms with E-state index >= 15 is 0 Å². The van der Waals surface area contributed by atoms with Crippen LogP contribution in [0.5, 0.6) is 0 Å². The molecule has 0 aromatic rings. The van der Waals surface area contributed by atoms with Gasteiger partial charge in [-0.15, -0.1) is 0 Å². The van der Waals surface area contributed by atoms with Gasteiger partial charge in [-0.1, -0.05) is 71.6 Å². The average molecular weight is 361 g/mol. The van der Waals surface area contributed by atoms with Crippen molar-refractivity contribution in [1.82, 2.24) is 0 Å². The molecule has 0 heterocycles. The van der Waals surface area contributed by atoms with Gasteiger partial charge in [-0.2, -0.15) is 0 Å². The highest BCUT2D eigenvalue weighted by Crippen LogP contribution is 2.64. The Hall–Kier alpha value is -0.330. The van der Waals surface area contributed by atoms with Crippen LogP contribution in [0.15, 0.2) is 0 Å². The summed E-state index contributed by atoms with van der Waals surface area (Å²) in [5.74, 6) is 2.57. The Labute approximate surface area is 163 Å². The minimum Gasteiger partial charge on any atom is -0.298 e. The first kappa shape index (κ1) is 20.4. The van der Waals surface area contributed by atoms with E-state index in [-0.39, 0.29) is 10.8 Å². The third-order valence-electron chi connectivity index (χ3n) is 8.43. The van der Waals surface area contributed by atoms with E-state index < -0.39 is 0 Å². The van der Waals surface area contributed by atoms with E-state index in [2.05, 4.69) is 13.8 Å². The van der Waals surface area contributed by atoms with Crippen molar-refractivity contribution in [2.45, 2.75) is 129 Å². The summed E-state index contributed by atoms with van der Waals surface area (Å²) >= 11 is 0. The maximum absolute atomic E-state index is 13.2. The highest BCUT2D eigenvalue weighted by atomic mass is 16.1. The van der Waals surface area contributed by atoms with Crippen molar-refractivity contribution < 1.29 is 4.79 Å². The topological polar surface area (TPSA) is 17.1 Å². The molecule has 3 fully saturated rings. The van der Waals surface area contributed by atoms with Crippen LogP contribution in [0.25, 0.3) is 0 Å². The number of ketones is 1. The number of hydrogen-bond donors (Lipinski definition) is 0. The van der Waals surface area contributed by atoms with E-state index in [1.54, 1.807) is 0 Å². The lowest BCUT2D eigenvalue weighted by molar-refractivity contribution is -0.169. The molecule has 0 aliphatic heterocycles. The van der Waals surface area contributed by atoms with Gasteiger partial charge in [-0.05, 0) is 69.6 Å². The number of rotatable bonds is 9. The largest absolute Gasteiger partial charge is 0.298 e. The predicted octanol–water partition coefficient (Wildman–Crippen LogP) is 7.86. The molecule has 0 saturated heterocycles. The average Bonchev–Trinajstić information content (AvgIpc) is 2.67. The summed E-state index contributed by atoms with van der Waals surface area (Å²) in [6, 6.07) is 0. The van der Waals surface area contributed by atoms with Gasteiger partial charge in [-0.3, -0.25) is 4.79 Å². The fraction of sp³-hybridized carbons (Fsp3) is 0.960. The SMILES string of the molecule is CCCCCCCC[C@H]1CC[C@]2(CC1)C[C@@]1(CCC(CCC)CC1)C2=O. The van der Waals surface area contributed by atoms with Crippen LogP contribution in [-0.4, -0.2) is 5.78 Å². The quantitative estimate of drug-likeness (QED) is 0.382. The molecule has 0 unspecified atom stereocenters. The Bertz CT molecular complexity index is 435. The zero-order chi connectivity index (χ0) is 18.5. The number of unbranched alkanes of at least 4 members (excludes halogenated alkanes) is 5. The summed E-state index contributed by atoms with van der Waals surface area (Å²) < 4.78 is 0. The van der Waals surface area contributed by atoms with Crippen LogP contribution >= 0.6 is 0 Å². The van der Waals surface area contributed by atoms with E-state index in [1.165, 1.54) is 116 Å². The van der Waals surface area contributed by atoms with Crippen LogP contribution in [0.4, 0.5) is 0 Å². The van der Waals surface area contributed by atoms with Gasteiger partial charge in [-0.25, -0.2) is 0 Å². The van der Waals surface area contributed by atoms with Gasteiger partial charge in [0.25, 0.3) is 0 Å². The van der Waals surface area contributed by atoms with Crippen molar-refractivity contribution in [2.75, 3.05) is 0 Å². The molecule has 0 radical (unpaired) electrons. The maximum Gasteiger partial charge on any atom is 0.145 e. The van der Waals surface area contributed by atoms with Crippen molar-refractivity contribution in [1.29, 1.82) is 0 Å². The predicted molar refractivity (Wildman–Crippen MR) is 111 cm³/mol. The van der Waals surface area contributed by atoms with Gasteiger partial charge in [0, 0.05) is 10.8 Å². The fourth-order valence-corrected chi connectivity index (χ4v) is 6.73. The lowest BCUT2D eigenvalue weighted by Gasteiger charge is -2.59. The van der Waals surface area contributed by atoms with Crippen LogP contribution in [0.2, 0.25) is 0 Å². The molecule has 150 valence electrons. The first-order valence-electron chi connectivity index (χ1n) is 12.2. The zero-order valence-electron chi connectivity index (χ0n) is 17.8. The van der Waals surface area contributed by atoms with Crippen molar-refractivity contribution in [3.8, 4) is 0 Å². The molecule has 26 heavy (non-hydrogen) atoms. The monoisotopic (exact) mass is 360 g/mol. The van der Waals surface area contributed by atoms with Gasteiger partial charge in [0.15, 0.2) is 0 Å². The number of carbonyl (C=O) groups is 1. The standard InChI is InChI=1S/C25H44O/c1-3-5-6-7-8-9-11-22-14-18-25(19-15-22)20-24(23(25)26)16-12-21(10-4-2)13-17-24/h21-22H,3-20H2,1-2H3/t21?,22-,24-,25-. The molecule has 1 nitrogen and oxygen atoms in total. The first-order chi connectivity index (χ1) is 12.6. The van der Waals surface area contributed by atoms with Gasteiger partial charge in [0.05, 0.1) is 0 Å². The van der Waals surface area contributed by atoms with Gasteiger partial charge in [0.2, 0.25) is 0 Å². The van der Waals surface area contributed by atoms with E-state index in [9.17, 15) is 4.79 Å².